The molecule has 1 unspecified atom stereocenters. The molecule has 0 bridgehead atoms. The van der Waals surface area contributed by atoms with E-state index in [0.29, 0.717) is 18.5 Å². The largest absolute Gasteiger partial charge is 0.340 e. The molecule has 28 heavy (non-hydrogen) atoms. The topological polar surface area (TPSA) is 69.7 Å². The van der Waals surface area contributed by atoms with E-state index in [4.69, 9.17) is 0 Å². The summed E-state index contributed by atoms with van der Waals surface area (Å²) in [5, 5.41) is 2.80. The van der Waals surface area contributed by atoms with Crippen LogP contribution in [0.15, 0.2) is 59.1 Å². The van der Waals surface area contributed by atoms with E-state index in [2.05, 4.69) is 21.2 Å². The highest BCUT2D eigenvalue weighted by Crippen LogP contribution is 2.32. The van der Waals surface area contributed by atoms with Gasteiger partial charge in [-0.1, -0.05) is 71.4 Å². The Bertz CT molecular complexity index is 903. The van der Waals surface area contributed by atoms with Crippen LogP contribution in [-0.4, -0.2) is 41.2 Å². The van der Waals surface area contributed by atoms with Crippen molar-refractivity contribution in [2.75, 3.05) is 13.6 Å². The normalized spacial score (nSPS) is 18.9. The Morgan fingerprint density at radius 2 is 1.75 bits per heavy atom. The average molecular weight is 444 g/mol. The Labute approximate surface area is 172 Å². The minimum atomic E-state index is -1.13. The number of imide groups is 1. The van der Waals surface area contributed by atoms with Gasteiger partial charge in [0.15, 0.2) is 0 Å². The Balaban J connectivity index is 1.75. The van der Waals surface area contributed by atoms with Crippen LogP contribution < -0.4 is 5.32 Å². The quantitative estimate of drug-likeness (QED) is 0.696. The maximum absolute atomic E-state index is 13.1. The van der Waals surface area contributed by atoms with Gasteiger partial charge in [-0.3, -0.25) is 14.5 Å². The van der Waals surface area contributed by atoms with Crippen molar-refractivity contribution < 1.29 is 14.4 Å². The summed E-state index contributed by atoms with van der Waals surface area (Å²) in [6.45, 7) is 1.93. The lowest BCUT2D eigenvalue weighted by Gasteiger charge is -2.26. The molecule has 1 fully saturated rings. The van der Waals surface area contributed by atoms with Crippen molar-refractivity contribution in [3.63, 3.8) is 0 Å². The minimum Gasteiger partial charge on any atom is -0.340 e. The van der Waals surface area contributed by atoms with Crippen molar-refractivity contribution in [3.8, 4) is 0 Å². The lowest BCUT2D eigenvalue weighted by atomic mass is 9.87. The SMILES string of the molecule is CCC1(c2ccccc2)NC(=O)N(CC(=O)N(C)Cc2ccccc2Br)C1=O. The maximum Gasteiger partial charge on any atom is 0.325 e. The van der Waals surface area contributed by atoms with Crippen molar-refractivity contribution >= 4 is 33.8 Å². The number of likely N-dealkylation sites (N-methyl/N-ethyl adjacent to an activating group) is 1. The molecule has 1 N–H and O–H groups in total. The number of benzene rings is 2. The second-order valence-corrected chi connectivity index (χ2v) is 7.64. The zero-order valence-electron chi connectivity index (χ0n) is 15.8. The summed E-state index contributed by atoms with van der Waals surface area (Å²) < 4.78 is 0.902. The second kappa shape index (κ2) is 8.14. The zero-order valence-corrected chi connectivity index (χ0v) is 17.4. The molecule has 7 heteroatoms. The van der Waals surface area contributed by atoms with Gasteiger partial charge in [0.1, 0.15) is 12.1 Å². The number of halogens is 1. The van der Waals surface area contributed by atoms with E-state index in [0.717, 1.165) is 14.9 Å². The van der Waals surface area contributed by atoms with Crippen LogP contribution in [0.3, 0.4) is 0 Å². The molecule has 3 rings (SSSR count). The van der Waals surface area contributed by atoms with Crippen molar-refractivity contribution in [1.82, 2.24) is 15.1 Å². The van der Waals surface area contributed by atoms with E-state index in [1.165, 1.54) is 4.90 Å². The molecule has 0 radical (unpaired) electrons. The van der Waals surface area contributed by atoms with Crippen molar-refractivity contribution in [2.24, 2.45) is 0 Å². The molecule has 2 aromatic carbocycles. The van der Waals surface area contributed by atoms with E-state index in [9.17, 15) is 14.4 Å². The molecule has 0 spiro atoms. The van der Waals surface area contributed by atoms with Gasteiger partial charge < -0.3 is 10.2 Å². The molecular formula is C21H22BrN3O3. The number of nitrogens with zero attached hydrogens (tertiary/aromatic N) is 2. The average Bonchev–Trinajstić information content (AvgIpc) is 2.95. The van der Waals surface area contributed by atoms with Gasteiger partial charge in [-0.05, 0) is 23.6 Å². The van der Waals surface area contributed by atoms with Gasteiger partial charge in [-0.2, -0.15) is 0 Å². The third-order valence-corrected chi connectivity index (χ3v) is 5.83. The predicted octanol–water partition coefficient (Wildman–Crippen LogP) is 3.26. The summed E-state index contributed by atoms with van der Waals surface area (Å²) >= 11 is 3.46. The fourth-order valence-electron chi connectivity index (χ4n) is 3.36. The first kappa shape index (κ1) is 20.1. The first-order valence-corrected chi connectivity index (χ1v) is 9.85. The molecule has 1 aliphatic rings. The van der Waals surface area contributed by atoms with E-state index >= 15 is 0 Å². The first-order valence-electron chi connectivity index (χ1n) is 9.06. The smallest absolute Gasteiger partial charge is 0.325 e. The molecule has 1 saturated heterocycles. The standard InChI is InChI=1S/C21H22BrN3O3/c1-3-21(16-10-5-4-6-11-16)19(27)25(20(28)23-21)14-18(26)24(2)13-15-9-7-8-12-17(15)22/h4-12H,3,13-14H2,1-2H3,(H,23,28). The van der Waals surface area contributed by atoms with Crippen LogP contribution >= 0.6 is 15.9 Å². The predicted molar refractivity (Wildman–Crippen MR) is 109 cm³/mol. The Morgan fingerprint density at radius 3 is 2.39 bits per heavy atom. The third kappa shape index (κ3) is 3.67. The number of amides is 4. The van der Waals surface area contributed by atoms with Gasteiger partial charge in [0.2, 0.25) is 5.91 Å². The van der Waals surface area contributed by atoms with Gasteiger partial charge in [0.25, 0.3) is 5.91 Å². The lowest BCUT2D eigenvalue weighted by molar-refractivity contribution is -0.138. The number of carbonyl (C=O) groups is 3. The van der Waals surface area contributed by atoms with E-state index < -0.39 is 17.5 Å². The van der Waals surface area contributed by atoms with Gasteiger partial charge in [-0.15, -0.1) is 0 Å². The molecule has 6 nitrogen and oxygen atoms in total. The van der Waals surface area contributed by atoms with Crippen LogP contribution in [0.4, 0.5) is 4.79 Å². The molecule has 2 aromatic rings. The lowest BCUT2D eigenvalue weighted by Crippen LogP contribution is -2.45. The van der Waals surface area contributed by atoms with Crippen LogP contribution in [0.25, 0.3) is 0 Å². The van der Waals surface area contributed by atoms with Crippen LogP contribution in [0, 0.1) is 0 Å². The second-order valence-electron chi connectivity index (χ2n) is 6.79. The van der Waals surface area contributed by atoms with Crippen molar-refractivity contribution in [3.05, 3.63) is 70.2 Å². The number of urea groups is 1. The van der Waals surface area contributed by atoms with Gasteiger partial charge >= 0.3 is 6.03 Å². The highest BCUT2D eigenvalue weighted by molar-refractivity contribution is 9.10. The molecular weight excluding hydrogens is 422 g/mol. The number of carbonyl (C=O) groups excluding carboxylic acids is 3. The van der Waals surface area contributed by atoms with Crippen LogP contribution in [-0.2, 0) is 21.7 Å². The molecule has 1 aliphatic heterocycles. The number of rotatable bonds is 6. The molecule has 1 heterocycles. The maximum atomic E-state index is 13.1. The van der Waals surface area contributed by atoms with Crippen LogP contribution in [0.1, 0.15) is 24.5 Å². The molecule has 4 amide bonds. The number of nitrogens with one attached hydrogen (secondary N) is 1. The Kier molecular flexibility index (Phi) is 5.84. The fourth-order valence-corrected chi connectivity index (χ4v) is 3.77. The molecule has 1 atom stereocenters. The summed E-state index contributed by atoms with van der Waals surface area (Å²) in [4.78, 5) is 40.8. The Hall–Kier alpha value is -2.67. The van der Waals surface area contributed by atoms with Crippen LogP contribution in [0.5, 0.6) is 0 Å². The zero-order chi connectivity index (χ0) is 20.3. The highest BCUT2D eigenvalue weighted by atomic mass is 79.9. The van der Waals surface area contributed by atoms with Crippen molar-refractivity contribution in [2.45, 2.75) is 25.4 Å². The molecule has 0 aromatic heterocycles. The van der Waals surface area contributed by atoms with Gasteiger partial charge in [0, 0.05) is 18.1 Å². The first-order chi connectivity index (χ1) is 13.4. The van der Waals surface area contributed by atoms with Gasteiger partial charge in [0.05, 0.1) is 0 Å². The summed E-state index contributed by atoms with van der Waals surface area (Å²) in [6, 6.07) is 16.2. The number of hydrogen-bond donors (Lipinski definition) is 1. The van der Waals surface area contributed by atoms with E-state index in [-0.39, 0.29) is 12.5 Å². The Morgan fingerprint density at radius 1 is 1.11 bits per heavy atom. The summed E-state index contributed by atoms with van der Waals surface area (Å²) in [5.74, 6) is -0.701. The summed E-state index contributed by atoms with van der Waals surface area (Å²) in [7, 11) is 1.66. The minimum absolute atomic E-state index is 0.291. The molecule has 0 saturated carbocycles. The highest BCUT2D eigenvalue weighted by Gasteiger charge is 2.51. The molecule has 146 valence electrons. The number of hydrogen-bond acceptors (Lipinski definition) is 3. The summed E-state index contributed by atoms with van der Waals surface area (Å²) in [6.07, 6.45) is 0.402. The monoisotopic (exact) mass is 443 g/mol. The summed E-state index contributed by atoms with van der Waals surface area (Å²) in [5.41, 5.74) is 0.537. The van der Waals surface area contributed by atoms with E-state index in [1.54, 1.807) is 7.05 Å². The van der Waals surface area contributed by atoms with E-state index in [1.807, 2.05) is 61.5 Å². The van der Waals surface area contributed by atoms with Crippen LogP contribution in [0.2, 0.25) is 0 Å². The third-order valence-electron chi connectivity index (χ3n) is 5.06. The fraction of sp³-hybridized carbons (Fsp3) is 0.286. The van der Waals surface area contributed by atoms with Gasteiger partial charge in [-0.25, -0.2) is 4.79 Å². The molecule has 0 aliphatic carbocycles. The van der Waals surface area contributed by atoms with Crippen molar-refractivity contribution in [1.29, 1.82) is 0 Å².